The molecule has 3 nitrogen and oxygen atoms in total. The Balaban J connectivity index is 2.25. The summed E-state index contributed by atoms with van der Waals surface area (Å²) in [6.07, 6.45) is 1.26. The summed E-state index contributed by atoms with van der Waals surface area (Å²) < 4.78 is 0. The molecule has 1 saturated heterocycles. The smallest absolute Gasteiger partial charge is 0.175 e. The molecule has 0 aromatic carbocycles. The minimum Gasteiger partial charge on any atom is -0.368 e. The van der Waals surface area contributed by atoms with Gasteiger partial charge in [0, 0.05) is 19.2 Å². The molecule has 1 fully saturated rings. The Morgan fingerprint density at radius 2 is 1.81 bits per heavy atom. The average Bonchev–Trinajstić information content (AvgIpc) is 2.20. The van der Waals surface area contributed by atoms with Crippen molar-refractivity contribution in [3.8, 4) is 0 Å². The maximum Gasteiger partial charge on any atom is 0.175 e. The molecule has 1 aromatic heterocycles. The van der Waals surface area contributed by atoms with Crippen LogP contribution in [-0.2, 0) is 0 Å². The van der Waals surface area contributed by atoms with E-state index < -0.39 is 0 Å². The van der Waals surface area contributed by atoms with Gasteiger partial charge in [-0.05, 0) is 18.3 Å². The molecule has 0 bridgehead atoms. The van der Waals surface area contributed by atoms with Crippen LogP contribution in [0.2, 0.25) is 10.3 Å². The van der Waals surface area contributed by atoms with E-state index in [2.05, 4.69) is 28.9 Å². The highest BCUT2D eigenvalue weighted by molar-refractivity contribution is 6.33. The zero-order valence-electron chi connectivity index (χ0n) is 9.45. The Morgan fingerprint density at radius 3 is 2.44 bits per heavy atom. The lowest BCUT2D eigenvalue weighted by Gasteiger charge is -2.36. The van der Waals surface area contributed by atoms with E-state index in [4.69, 9.17) is 23.2 Å². The van der Waals surface area contributed by atoms with Crippen LogP contribution in [0.15, 0.2) is 6.07 Å². The molecular weight excluding hydrogens is 245 g/mol. The SMILES string of the molecule is CC1CC(C)CN(c2cc(Cl)nnc2Cl)C1. The van der Waals surface area contributed by atoms with Crippen LogP contribution in [0, 0.1) is 11.8 Å². The summed E-state index contributed by atoms with van der Waals surface area (Å²) in [6, 6.07) is 1.79. The lowest BCUT2D eigenvalue weighted by molar-refractivity contribution is 0.356. The summed E-state index contributed by atoms with van der Waals surface area (Å²) in [5, 5.41) is 8.40. The first-order chi connectivity index (χ1) is 7.56. The molecule has 1 aliphatic rings. The predicted molar refractivity (Wildman–Crippen MR) is 67.2 cm³/mol. The summed E-state index contributed by atoms with van der Waals surface area (Å²) in [5.74, 6) is 1.35. The zero-order valence-corrected chi connectivity index (χ0v) is 11.0. The highest BCUT2D eigenvalue weighted by atomic mass is 35.5. The maximum absolute atomic E-state index is 6.05. The van der Waals surface area contributed by atoms with Gasteiger partial charge in [-0.2, -0.15) is 0 Å². The normalized spacial score (nSPS) is 25.9. The van der Waals surface area contributed by atoms with Crippen LogP contribution in [-0.4, -0.2) is 23.3 Å². The molecule has 2 heterocycles. The van der Waals surface area contributed by atoms with Gasteiger partial charge in [0.1, 0.15) is 0 Å². The van der Waals surface area contributed by atoms with E-state index in [0.717, 1.165) is 18.8 Å². The summed E-state index contributed by atoms with van der Waals surface area (Å²) >= 11 is 11.9. The number of hydrogen-bond donors (Lipinski definition) is 0. The topological polar surface area (TPSA) is 29.0 Å². The minimum atomic E-state index is 0.394. The summed E-state index contributed by atoms with van der Waals surface area (Å²) in [6.45, 7) is 6.53. The predicted octanol–water partition coefficient (Wildman–Crippen LogP) is 3.27. The minimum absolute atomic E-state index is 0.394. The fourth-order valence-electron chi connectivity index (χ4n) is 2.43. The van der Waals surface area contributed by atoms with Crippen LogP contribution in [0.4, 0.5) is 5.69 Å². The number of rotatable bonds is 1. The molecule has 0 aliphatic carbocycles. The molecule has 1 aromatic rings. The van der Waals surface area contributed by atoms with E-state index in [1.807, 2.05) is 0 Å². The highest BCUT2D eigenvalue weighted by Crippen LogP contribution is 2.31. The molecule has 5 heteroatoms. The van der Waals surface area contributed by atoms with E-state index in [-0.39, 0.29) is 0 Å². The van der Waals surface area contributed by atoms with Crippen molar-refractivity contribution in [3.05, 3.63) is 16.4 Å². The number of anilines is 1. The van der Waals surface area contributed by atoms with Crippen LogP contribution < -0.4 is 4.90 Å². The quantitative estimate of drug-likeness (QED) is 0.776. The summed E-state index contributed by atoms with van der Waals surface area (Å²) in [4.78, 5) is 2.25. The molecule has 2 rings (SSSR count). The lowest BCUT2D eigenvalue weighted by atomic mass is 9.92. The fraction of sp³-hybridized carbons (Fsp3) is 0.636. The van der Waals surface area contributed by atoms with Crippen molar-refractivity contribution in [2.75, 3.05) is 18.0 Å². The Morgan fingerprint density at radius 1 is 1.19 bits per heavy atom. The molecular formula is C11H15Cl2N3. The first-order valence-electron chi connectivity index (χ1n) is 5.50. The molecule has 1 aliphatic heterocycles. The third-order valence-electron chi connectivity index (χ3n) is 2.91. The zero-order chi connectivity index (χ0) is 11.7. The third kappa shape index (κ3) is 2.58. The average molecular weight is 260 g/mol. The molecule has 0 amide bonds. The van der Waals surface area contributed by atoms with Gasteiger partial charge in [0.15, 0.2) is 10.3 Å². The number of piperidine rings is 1. The van der Waals surface area contributed by atoms with Gasteiger partial charge in [0.25, 0.3) is 0 Å². The number of aromatic nitrogens is 2. The van der Waals surface area contributed by atoms with Crippen LogP contribution in [0.5, 0.6) is 0 Å². The van der Waals surface area contributed by atoms with Gasteiger partial charge in [-0.25, -0.2) is 0 Å². The molecule has 0 saturated carbocycles. The second-order valence-corrected chi connectivity index (χ2v) is 5.44. The largest absolute Gasteiger partial charge is 0.368 e. The number of nitrogens with zero attached hydrogens (tertiary/aromatic N) is 3. The van der Waals surface area contributed by atoms with Gasteiger partial charge in [-0.1, -0.05) is 37.0 Å². The van der Waals surface area contributed by atoms with Crippen molar-refractivity contribution in [3.63, 3.8) is 0 Å². The van der Waals surface area contributed by atoms with E-state index >= 15 is 0 Å². The third-order valence-corrected chi connectivity index (χ3v) is 3.36. The summed E-state index contributed by atoms with van der Waals surface area (Å²) in [5.41, 5.74) is 0.903. The Labute approximate surface area is 106 Å². The molecule has 2 atom stereocenters. The van der Waals surface area contributed by atoms with E-state index in [0.29, 0.717) is 22.1 Å². The van der Waals surface area contributed by atoms with Crippen molar-refractivity contribution >= 4 is 28.9 Å². The maximum atomic E-state index is 6.05. The van der Waals surface area contributed by atoms with Crippen molar-refractivity contribution in [1.29, 1.82) is 0 Å². The molecule has 2 unspecified atom stereocenters. The second kappa shape index (κ2) is 4.76. The fourth-order valence-corrected chi connectivity index (χ4v) is 2.78. The monoisotopic (exact) mass is 259 g/mol. The van der Waals surface area contributed by atoms with Crippen molar-refractivity contribution in [2.45, 2.75) is 20.3 Å². The van der Waals surface area contributed by atoms with E-state index in [1.54, 1.807) is 6.07 Å². The van der Waals surface area contributed by atoms with Crippen LogP contribution in [0.25, 0.3) is 0 Å². The summed E-state index contributed by atoms with van der Waals surface area (Å²) in [7, 11) is 0. The molecule has 0 N–H and O–H groups in total. The number of halogens is 2. The van der Waals surface area contributed by atoms with Gasteiger partial charge in [-0.3, -0.25) is 0 Å². The van der Waals surface area contributed by atoms with Crippen molar-refractivity contribution < 1.29 is 0 Å². The van der Waals surface area contributed by atoms with Crippen molar-refractivity contribution in [2.24, 2.45) is 11.8 Å². The van der Waals surface area contributed by atoms with Gasteiger partial charge in [0.05, 0.1) is 5.69 Å². The van der Waals surface area contributed by atoms with Crippen LogP contribution in [0.3, 0.4) is 0 Å². The van der Waals surface area contributed by atoms with Gasteiger partial charge in [-0.15, -0.1) is 10.2 Å². The standard InChI is InChI=1S/C11H15Cl2N3/c1-7-3-8(2)6-16(5-7)9-4-10(12)14-15-11(9)13/h4,7-8H,3,5-6H2,1-2H3. The van der Waals surface area contributed by atoms with Gasteiger partial charge in [0.2, 0.25) is 0 Å². The second-order valence-electron chi connectivity index (χ2n) is 4.69. The molecule has 0 radical (unpaired) electrons. The first-order valence-corrected chi connectivity index (χ1v) is 6.25. The van der Waals surface area contributed by atoms with Crippen LogP contribution >= 0.6 is 23.2 Å². The number of hydrogen-bond acceptors (Lipinski definition) is 3. The Kier molecular flexibility index (Phi) is 3.55. The van der Waals surface area contributed by atoms with Crippen LogP contribution in [0.1, 0.15) is 20.3 Å². The Bertz CT molecular complexity index is 373. The molecule has 16 heavy (non-hydrogen) atoms. The first kappa shape index (κ1) is 11.9. The molecule has 88 valence electrons. The van der Waals surface area contributed by atoms with Crippen molar-refractivity contribution in [1.82, 2.24) is 10.2 Å². The van der Waals surface area contributed by atoms with E-state index in [9.17, 15) is 0 Å². The molecule has 0 spiro atoms. The highest BCUT2D eigenvalue weighted by Gasteiger charge is 2.24. The lowest BCUT2D eigenvalue weighted by Crippen LogP contribution is -2.39. The van der Waals surface area contributed by atoms with Gasteiger partial charge >= 0.3 is 0 Å². The van der Waals surface area contributed by atoms with E-state index in [1.165, 1.54) is 6.42 Å². The van der Waals surface area contributed by atoms with Gasteiger partial charge < -0.3 is 4.90 Å². The Hall–Kier alpha value is -0.540.